The number of benzene rings is 6. The van der Waals surface area contributed by atoms with Crippen molar-refractivity contribution in [1.82, 2.24) is 9.80 Å². The van der Waals surface area contributed by atoms with Crippen molar-refractivity contribution < 1.29 is 18.9 Å². The molecule has 1 fully saturated rings. The van der Waals surface area contributed by atoms with Crippen LogP contribution in [0.3, 0.4) is 0 Å². The highest BCUT2D eigenvalue weighted by Crippen LogP contribution is 2.26. The Hall–Kier alpha value is -4.92. The molecule has 0 aliphatic carbocycles. The van der Waals surface area contributed by atoms with Gasteiger partial charge in [0, 0.05) is 26.2 Å². The van der Waals surface area contributed by atoms with Crippen molar-refractivity contribution in [2.45, 2.75) is 63.7 Å². The second kappa shape index (κ2) is 21.4. The summed E-state index contributed by atoms with van der Waals surface area (Å²) in [5.74, 6) is 0. The Morgan fingerprint density at radius 3 is 0.875 bits per heavy atom. The minimum absolute atomic E-state index is 0.0578. The number of hydrogen-bond donors (Lipinski definition) is 0. The van der Waals surface area contributed by atoms with Crippen molar-refractivity contribution in [2.75, 3.05) is 26.4 Å². The fourth-order valence-corrected chi connectivity index (χ4v) is 7.47. The van der Waals surface area contributed by atoms with E-state index in [1.807, 2.05) is 12.1 Å². The zero-order chi connectivity index (χ0) is 38.0. The number of ether oxygens (including phenoxy) is 4. The van der Waals surface area contributed by atoms with Gasteiger partial charge < -0.3 is 18.9 Å². The van der Waals surface area contributed by atoms with Gasteiger partial charge in [-0.3, -0.25) is 9.80 Å². The predicted octanol–water partition coefficient (Wildman–Crippen LogP) is 9.35. The first-order valence-electron chi connectivity index (χ1n) is 19.9. The third kappa shape index (κ3) is 12.0. The zero-order valence-electron chi connectivity index (χ0n) is 32.2. The van der Waals surface area contributed by atoms with E-state index < -0.39 is 0 Å². The van der Waals surface area contributed by atoms with Gasteiger partial charge in [0.2, 0.25) is 0 Å². The maximum atomic E-state index is 6.98. The minimum atomic E-state index is -0.197. The Morgan fingerprint density at radius 2 is 0.625 bits per heavy atom. The maximum absolute atomic E-state index is 6.98. The van der Waals surface area contributed by atoms with E-state index >= 15 is 0 Å². The third-order valence-corrected chi connectivity index (χ3v) is 10.5. The first-order chi connectivity index (χ1) is 27.8. The normalized spacial score (nSPS) is 16.8. The van der Waals surface area contributed by atoms with Crippen LogP contribution in [0.4, 0.5) is 0 Å². The highest BCUT2D eigenvalue weighted by Gasteiger charge is 2.38. The van der Waals surface area contributed by atoms with Crippen LogP contribution in [0.25, 0.3) is 0 Å². The molecule has 7 rings (SSSR count). The fourth-order valence-electron chi connectivity index (χ4n) is 7.47. The lowest BCUT2D eigenvalue weighted by molar-refractivity contribution is -0.189. The summed E-state index contributed by atoms with van der Waals surface area (Å²) in [5, 5.41) is 0. The van der Waals surface area contributed by atoms with Gasteiger partial charge in [0.15, 0.2) is 0 Å². The van der Waals surface area contributed by atoms with Gasteiger partial charge >= 0.3 is 0 Å². The molecule has 4 atom stereocenters. The smallest absolute Gasteiger partial charge is 0.0987 e. The molecule has 6 aromatic rings. The number of hydrogen-bond acceptors (Lipinski definition) is 6. The van der Waals surface area contributed by atoms with Gasteiger partial charge in [0.1, 0.15) is 0 Å². The quantitative estimate of drug-likeness (QED) is 0.0776. The summed E-state index contributed by atoms with van der Waals surface area (Å²) in [6.45, 7) is 6.02. The highest BCUT2D eigenvalue weighted by atomic mass is 16.6. The molecule has 1 saturated heterocycles. The molecule has 0 saturated carbocycles. The lowest BCUT2D eigenvalue weighted by Crippen LogP contribution is -2.57. The van der Waals surface area contributed by atoms with Gasteiger partial charge in [0.05, 0.1) is 63.9 Å². The Balaban J connectivity index is 1.13. The molecule has 1 aliphatic heterocycles. The maximum Gasteiger partial charge on any atom is 0.0987 e. The van der Waals surface area contributed by atoms with Crippen molar-refractivity contribution in [3.05, 3.63) is 215 Å². The van der Waals surface area contributed by atoms with Crippen molar-refractivity contribution in [2.24, 2.45) is 0 Å². The Labute approximate surface area is 333 Å². The van der Waals surface area contributed by atoms with Crippen LogP contribution >= 0.6 is 0 Å². The first kappa shape index (κ1) is 39.3. The SMILES string of the molecule is c1ccc(COC[C@@H]([C@@H]2CO[C@H]([C@H](COCc3ccccc3)N(Cc3ccccc3)Cc3ccccc3)CO2)N(Cc2ccccc2)Cc2ccccc2)cc1. The van der Waals surface area contributed by atoms with Gasteiger partial charge in [-0.25, -0.2) is 0 Å². The molecule has 1 heterocycles. The van der Waals surface area contributed by atoms with Crippen LogP contribution in [-0.4, -0.2) is 60.5 Å². The molecule has 0 N–H and O–H groups in total. The molecule has 0 radical (unpaired) electrons. The molecule has 0 unspecified atom stereocenters. The second-order valence-corrected chi connectivity index (χ2v) is 14.6. The van der Waals surface area contributed by atoms with Crippen LogP contribution in [0.2, 0.25) is 0 Å². The Kier molecular flexibility index (Phi) is 15.0. The zero-order valence-corrected chi connectivity index (χ0v) is 32.2. The summed E-state index contributed by atoms with van der Waals surface area (Å²) in [4.78, 5) is 5.00. The molecule has 0 amide bonds. The van der Waals surface area contributed by atoms with Crippen molar-refractivity contribution in [1.29, 1.82) is 0 Å². The molecule has 6 nitrogen and oxygen atoms in total. The average molecular weight is 747 g/mol. The van der Waals surface area contributed by atoms with Crippen LogP contribution in [0, 0.1) is 0 Å². The molecule has 288 valence electrons. The molecule has 0 bridgehead atoms. The van der Waals surface area contributed by atoms with Crippen molar-refractivity contribution in [3.8, 4) is 0 Å². The molecule has 1 aliphatic rings. The Bertz CT molecular complexity index is 1700. The molecule has 6 aromatic carbocycles. The Morgan fingerprint density at radius 1 is 0.375 bits per heavy atom. The lowest BCUT2D eigenvalue weighted by Gasteiger charge is -2.43. The van der Waals surface area contributed by atoms with Crippen LogP contribution in [0.15, 0.2) is 182 Å². The van der Waals surface area contributed by atoms with E-state index in [1.165, 1.54) is 22.3 Å². The van der Waals surface area contributed by atoms with Crippen molar-refractivity contribution >= 4 is 0 Å². The highest BCUT2D eigenvalue weighted by molar-refractivity contribution is 5.20. The fraction of sp³-hybridized carbons (Fsp3) is 0.280. The van der Waals surface area contributed by atoms with Gasteiger partial charge in [-0.2, -0.15) is 0 Å². The topological polar surface area (TPSA) is 43.4 Å². The number of nitrogens with zero attached hydrogens (tertiary/aromatic N) is 2. The van der Waals surface area contributed by atoms with Gasteiger partial charge in [0.25, 0.3) is 0 Å². The van der Waals surface area contributed by atoms with Gasteiger partial charge in [-0.15, -0.1) is 0 Å². The summed E-state index contributed by atoms with van der Waals surface area (Å²) in [7, 11) is 0. The van der Waals surface area contributed by atoms with E-state index in [1.54, 1.807) is 0 Å². The summed E-state index contributed by atoms with van der Waals surface area (Å²) in [6.07, 6.45) is -0.394. The summed E-state index contributed by atoms with van der Waals surface area (Å²) in [6, 6.07) is 63.4. The van der Waals surface area contributed by atoms with Crippen LogP contribution in [0.5, 0.6) is 0 Å². The largest absolute Gasteiger partial charge is 0.375 e. The predicted molar refractivity (Wildman–Crippen MR) is 224 cm³/mol. The van der Waals surface area contributed by atoms with E-state index in [2.05, 4.69) is 180 Å². The van der Waals surface area contributed by atoms with Crippen LogP contribution in [-0.2, 0) is 58.3 Å². The van der Waals surface area contributed by atoms with Crippen LogP contribution < -0.4 is 0 Å². The van der Waals surface area contributed by atoms with E-state index in [9.17, 15) is 0 Å². The number of rotatable bonds is 20. The van der Waals surface area contributed by atoms with E-state index in [4.69, 9.17) is 18.9 Å². The lowest BCUT2D eigenvalue weighted by atomic mass is 10.0. The van der Waals surface area contributed by atoms with Gasteiger partial charge in [-0.05, 0) is 33.4 Å². The molecular formula is C50H54N2O4. The molecule has 0 spiro atoms. The summed E-state index contributed by atoms with van der Waals surface area (Å²) in [5.41, 5.74) is 7.30. The van der Waals surface area contributed by atoms with Crippen LogP contribution in [0.1, 0.15) is 33.4 Å². The van der Waals surface area contributed by atoms with E-state index in [-0.39, 0.29) is 24.3 Å². The minimum Gasteiger partial charge on any atom is -0.375 e. The molecule has 0 aromatic heterocycles. The summed E-state index contributed by atoms with van der Waals surface area (Å²) >= 11 is 0. The molecule has 6 heteroatoms. The first-order valence-corrected chi connectivity index (χ1v) is 19.9. The monoisotopic (exact) mass is 746 g/mol. The summed E-state index contributed by atoms with van der Waals surface area (Å²) < 4.78 is 27.0. The molecular weight excluding hydrogens is 693 g/mol. The second-order valence-electron chi connectivity index (χ2n) is 14.6. The van der Waals surface area contributed by atoms with Crippen molar-refractivity contribution in [3.63, 3.8) is 0 Å². The van der Waals surface area contributed by atoms with E-state index in [0.717, 1.165) is 37.3 Å². The molecule has 56 heavy (non-hydrogen) atoms. The third-order valence-electron chi connectivity index (χ3n) is 10.5. The van der Waals surface area contributed by atoms with Gasteiger partial charge in [-0.1, -0.05) is 182 Å². The standard InChI is InChI=1S/C50H54N2O4/c1-7-19-41(20-8-1)31-51(32-42-21-9-2-10-22-42)47(37-53-35-45-27-15-5-16-28-45)49-39-56-50(40-55-49)48(38-54-36-46-29-17-6-18-30-46)52(33-43-23-11-3-12-24-43)34-44-25-13-4-14-26-44/h1-30,47-50H,31-40H2/t47-,48-,49-,50-/m0/s1. The van der Waals surface area contributed by atoms with E-state index in [0.29, 0.717) is 39.6 Å². The average Bonchev–Trinajstić information content (AvgIpc) is 3.26.